The number of halogens is 3. The first-order valence-corrected chi connectivity index (χ1v) is 10.6. The minimum absolute atomic E-state index is 0.0739. The molecule has 29 heavy (non-hydrogen) atoms. The first-order valence-electron chi connectivity index (χ1n) is 10.6. The molecule has 1 saturated carbocycles. The number of pyridine rings is 1. The van der Waals surface area contributed by atoms with Crippen molar-refractivity contribution < 1.29 is 18.0 Å². The fraction of sp³-hybridized carbons (Fsp3) is 0.714. The minimum atomic E-state index is -4.38. The van der Waals surface area contributed by atoms with E-state index in [4.69, 9.17) is 0 Å². The van der Waals surface area contributed by atoms with Crippen molar-refractivity contribution in [3.8, 4) is 0 Å². The second kappa shape index (κ2) is 9.32. The van der Waals surface area contributed by atoms with Gasteiger partial charge in [-0.2, -0.15) is 13.2 Å². The smallest absolute Gasteiger partial charge is 0.355 e. The number of aromatic nitrogens is 1. The number of nitrogens with zero attached hydrogens (tertiary/aromatic N) is 3. The van der Waals surface area contributed by atoms with Crippen molar-refractivity contribution in [1.82, 2.24) is 15.2 Å². The average Bonchev–Trinajstić information content (AvgIpc) is 2.95. The highest BCUT2D eigenvalue weighted by Gasteiger charge is 2.31. The van der Waals surface area contributed by atoms with Crippen LogP contribution in [-0.2, 0) is 11.0 Å². The lowest BCUT2D eigenvalue weighted by Crippen LogP contribution is -2.51. The Hall–Kier alpha value is -1.83. The van der Waals surface area contributed by atoms with Gasteiger partial charge in [0.15, 0.2) is 0 Å². The molecule has 1 saturated heterocycles. The average molecular weight is 413 g/mol. The molecule has 1 aliphatic carbocycles. The zero-order valence-electron chi connectivity index (χ0n) is 17.2. The lowest BCUT2D eigenvalue weighted by atomic mass is 9.86. The van der Waals surface area contributed by atoms with Gasteiger partial charge < -0.3 is 10.2 Å². The molecule has 1 aliphatic heterocycles. The maximum absolute atomic E-state index is 12.8. The molecule has 2 heterocycles. The summed E-state index contributed by atoms with van der Waals surface area (Å²) in [6, 6.07) is 2.55. The summed E-state index contributed by atoms with van der Waals surface area (Å²) in [7, 11) is 0. The third-order valence-electron chi connectivity index (χ3n) is 6.30. The molecule has 162 valence electrons. The van der Waals surface area contributed by atoms with E-state index >= 15 is 0 Å². The molecule has 3 atom stereocenters. The van der Waals surface area contributed by atoms with Crippen LogP contribution in [0.3, 0.4) is 0 Å². The van der Waals surface area contributed by atoms with E-state index < -0.39 is 11.7 Å². The second-order valence-corrected chi connectivity index (χ2v) is 8.33. The Kier molecular flexibility index (Phi) is 7.03. The van der Waals surface area contributed by atoms with Crippen LogP contribution in [0.1, 0.15) is 51.5 Å². The highest BCUT2D eigenvalue weighted by molar-refractivity contribution is 5.81. The zero-order chi connectivity index (χ0) is 21.0. The monoisotopic (exact) mass is 412 g/mol. The summed E-state index contributed by atoms with van der Waals surface area (Å²) in [6.07, 6.45) is 1.97. The number of alkyl halides is 3. The van der Waals surface area contributed by atoms with Gasteiger partial charge in [-0.25, -0.2) is 4.98 Å². The largest absolute Gasteiger partial charge is 0.417 e. The summed E-state index contributed by atoms with van der Waals surface area (Å²) in [4.78, 5) is 20.9. The number of anilines is 1. The Morgan fingerprint density at radius 3 is 2.55 bits per heavy atom. The molecule has 8 heteroatoms. The van der Waals surface area contributed by atoms with Crippen LogP contribution in [0.15, 0.2) is 18.3 Å². The molecule has 1 N–H and O–H groups in total. The molecule has 0 aromatic carbocycles. The van der Waals surface area contributed by atoms with Crippen LogP contribution in [0, 0.1) is 5.92 Å². The van der Waals surface area contributed by atoms with Gasteiger partial charge in [-0.1, -0.05) is 19.8 Å². The molecule has 5 nitrogen and oxygen atoms in total. The van der Waals surface area contributed by atoms with E-state index in [1.165, 1.54) is 18.9 Å². The van der Waals surface area contributed by atoms with Crippen molar-refractivity contribution in [2.24, 2.45) is 5.92 Å². The summed E-state index contributed by atoms with van der Waals surface area (Å²) < 4.78 is 38.2. The molecule has 2 fully saturated rings. The number of rotatable bonds is 4. The number of amides is 1. The Bertz CT molecular complexity index is 679. The summed E-state index contributed by atoms with van der Waals surface area (Å²) >= 11 is 0. The van der Waals surface area contributed by atoms with Crippen molar-refractivity contribution >= 4 is 11.7 Å². The normalized spacial score (nSPS) is 25.3. The predicted molar refractivity (Wildman–Crippen MR) is 107 cm³/mol. The van der Waals surface area contributed by atoms with E-state index in [2.05, 4.69) is 22.1 Å². The fourth-order valence-electron chi connectivity index (χ4n) is 4.29. The molecule has 0 unspecified atom stereocenters. The fourth-order valence-corrected chi connectivity index (χ4v) is 4.29. The van der Waals surface area contributed by atoms with Gasteiger partial charge in [0.05, 0.1) is 11.6 Å². The zero-order valence-corrected chi connectivity index (χ0v) is 17.2. The van der Waals surface area contributed by atoms with E-state index in [9.17, 15) is 18.0 Å². The third-order valence-corrected chi connectivity index (χ3v) is 6.30. The van der Waals surface area contributed by atoms with Gasteiger partial charge in [0.25, 0.3) is 0 Å². The van der Waals surface area contributed by atoms with Crippen LogP contribution < -0.4 is 10.2 Å². The maximum atomic E-state index is 12.8. The number of hydrogen-bond acceptors (Lipinski definition) is 4. The molecule has 1 amide bonds. The number of hydrogen-bond donors (Lipinski definition) is 1. The summed E-state index contributed by atoms with van der Waals surface area (Å²) in [6.45, 7) is 6.95. The molecule has 2 aliphatic rings. The topological polar surface area (TPSA) is 48.5 Å². The van der Waals surface area contributed by atoms with Crippen molar-refractivity contribution in [2.45, 2.75) is 64.2 Å². The van der Waals surface area contributed by atoms with Crippen LogP contribution in [-0.4, -0.2) is 54.1 Å². The van der Waals surface area contributed by atoms with Crippen molar-refractivity contribution in [1.29, 1.82) is 0 Å². The molecule has 1 aromatic heterocycles. The Morgan fingerprint density at radius 1 is 1.14 bits per heavy atom. The van der Waals surface area contributed by atoms with E-state index in [1.54, 1.807) is 0 Å². The van der Waals surface area contributed by atoms with E-state index in [1.807, 2.05) is 11.8 Å². The summed E-state index contributed by atoms with van der Waals surface area (Å²) in [5.74, 6) is 1.14. The standard InChI is InChI=1S/C21H31F3N4O/c1-15-6-3-4-7-18(15)26-20(29)16(2)27-10-5-11-28(13-12-27)19-9-8-17(14-25-19)21(22,23)24/h8-9,14-16,18H,3-7,10-13H2,1-2H3,(H,26,29)/t15-,16-,18+/m1/s1. The molecule has 0 radical (unpaired) electrons. The predicted octanol–water partition coefficient (Wildman–Crippen LogP) is 3.70. The van der Waals surface area contributed by atoms with Gasteiger partial charge in [0.1, 0.15) is 5.82 Å². The van der Waals surface area contributed by atoms with Crippen LogP contribution in [0.5, 0.6) is 0 Å². The van der Waals surface area contributed by atoms with E-state index in [0.29, 0.717) is 31.4 Å². The van der Waals surface area contributed by atoms with Crippen molar-refractivity contribution in [3.05, 3.63) is 23.9 Å². The molecule has 1 aromatic rings. The third kappa shape index (κ3) is 5.62. The molecular weight excluding hydrogens is 381 g/mol. The van der Waals surface area contributed by atoms with Crippen LogP contribution >= 0.6 is 0 Å². The molecule has 0 spiro atoms. The molecule has 3 rings (SSSR count). The highest BCUT2D eigenvalue weighted by atomic mass is 19.4. The van der Waals surface area contributed by atoms with Crippen LogP contribution in [0.4, 0.5) is 19.0 Å². The van der Waals surface area contributed by atoms with Gasteiger partial charge in [-0.15, -0.1) is 0 Å². The first kappa shape index (κ1) is 21.9. The SMILES string of the molecule is C[C@@H]1CCCC[C@@H]1NC(=O)[C@@H](C)N1CCCN(c2ccc(C(F)(F)F)cn2)CC1. The molecular formula is C21H31F3N4O. The van der Waals surface area contributed by atoms with Crippen molar-refractivity contribution in [2.75, 3.05) is 31.1 Å². The lowest BCUT2D eigenvalue weighted by Gasteiger charge is -2.33. The summed E-state index contributed by atoms with van der Waals surface area (Å²) in [5, 5.41) is 3.24. The Morgan fingerprint density at radius 2 is 1.90 bits per heavy atom. The Labute approximate surface area is 170 Å². The van der Waals surface area contributed by atoms with Crippen LogP contribution in [0.2, 0.25) is 0 Å². The van der Waals surface area contributed by atoms with Crippen LogP contribution in [0.25, 0.3) is 0 Å². The lowest BCUT2D eigenvalue weighted by molar-refractivity contribution is -0.137. The van der Waals surface area contributed by atoms with E-state index in [0.717, 1.165) is 38.1 Å². The molecule has 0 bridgehead atoms. The maximum Gasteiger partial charge on any atom is 0.417 e. The first-order chi connectivity index (χ1) is 13.8. The van der Waals surface area contributed by atoms with E-state index in [-0.39, 0.29) is 18.0 Å². The van der Waals surface area contributed by atoms with Gasteiger partial charge in [0.2, 0.25) is 5.91 Å². The minimum Gasteiger partial charge on any atom is -0.355 e. The second-order valence-electron chi connectivity index (χ2n) is 8.33. The Balaban J connectivity index is 1.55. The number of carbonyl (C=O) groups is 1. The van der Waals surface area contributed by atoms with Crippen molar-refractivity contribution in [3.63, 3.8) is 0 Å². The van der Waals surface area contributed by atoms with Gasteiger partial charge >= 0.3 is 6.18 Å². The highest BCUT2D eigenvalue weighted by Crippen LogP contribution is 2.29. The number of carbonyl (C=O) groups excluding carboxylic acids is 1. The summed E-state index contributed by atoms with van der Waals surface area (Å²) in [5.41, 5.74) is -0.736. The quantitative estimate of drug-likeness (QED) is 0.819. The van der Waals surface area contributed by atoms with Gasteiger partial charge in [-0.3, -0.25) is 9.69 Å². The van der Waals surface area contributed by atoms with Gasteiger partial charge in [0, 0.05) is 38.4 Å². The number of nitrogens with one attached hydrogen (secondary N) is 1. The van der Waals surface area contributed by atoms with Gasteiger partial charge in [-0.05, 0) is 44.2 Å².